The molecule has 6 nitrogen and oxygen atoms in total. The summed E-state index contributed by atoms with van der Waals surface area (Å²) >= 11 is 7.14. The number of hydrogen-bond acceptors (Lipinski definition) is 6. The molecule has 3 rings (SSSR count). The van der Waals surface area contributed by atoms with E-state index >= 15 is 0 Å². The van der Waals surface area contributed by atoms with Crippen molar-refractivity contribution in [2.75, 3.05) is 44.9 Å². The molecule has 0 aliphatic carbocycles. The lowest BCUT2D eigenvalue weighted by Gasteiger charge is -2.43. The van der Waals surface area contributed by atoms with Gasteiger partial charge in [0, 0.05) is 32.8 Å². The maximum absolute atomic E-state index is 12.7. The molecule has 1 aromatic heterocycles. The van der Waals surface area contributed by atoms with E-state index in [-0.39, 0.29) is 29.5 Å². The highest BCUT2D eigenvalue weighted by Gasteiger charge is 2.48. The van der Waals surface area contributed by atoms with E-state index in [1.54, 1.807) is 24.1 Å². The van der Waals surface area contributed by atoms with Gasteiger partial charge in [0.1, 0.15) is 0 Å². The summed E-state index contributed by atoms with van der Waals surface area (Å²) in [6, 6.07) is 2.95. The third-order valence-corrected chi connectivity index (χ3v) is 7.34. The largest absolute Gasteiger partial charge is 0.383 e. The van der Waals surface area contributed by atoms with Crippen molar-refractivity contribution in [3.8, 4) is 0 Å². The Labute approximate surface area is 144 Å². The molecule has 0 saturated carbocycles. The van der Waals surface area contributed by atoms with Gasteiger partial charge in [-0.3, -0.25) is 9.69 Å². The lowest BCUT2D eigenvalue weighted by Crippen LogP contribution is -2.60. The average Bonchev–Trinajstić information content (AvgIpc) is 3.06. The van der Waals surface area contributed by atoms with Gasteiger partial charge in [-0.05, 0) is 12.1 Å². The number of thiophene rings is 1. The van der Waals surface area contributed by atoms with E-state index in [9.17, 15) is 13.2 Å². The first kappa shape index (κ1) is 17.2. The maximum Gasteiger partial charge on any atom is 0.264 e. The Morgan fingerprint density at radius 1 is 1.35 bits per heavy atom. The second kappa shape index (κ2) is 6.68. The van der Waals surface area contributed by atoms with Crippen LogP contribution in [0, 0.1) is 0 Å². The monoisotopic (exact) mass is 378 g/mol. The van der Waals surface area contributed by atoms with Crippen LogP contribution in [0.25, 0.3) is 0 Å². The van der Waals surface area contributed by atoms with Crippen LogP contribution in [0.4, 0.5) is 0 Å². The number of carbonyl (C=O) groups is 1. The summed E-state index contributed by atoms with van der Waals surface area (Å²) in [7, 11) is -1.50. The zero-order valence-electron chi connectivity index (χ0n) is 12.8. The summed E-state index contributed by atoms with van der Waals surface area (Å²) < 4.78 is 29.9. The first-order valence-corrected chi connectivity index (χ1v) is 10.4. The molecule has 2 aliphatic heterocycles. The molecule has 128 valence electrons. The second-order valence-electron chi connectivity index (χ2n) is 5.84. The van der Waals surface area contributed by atoms with E-state index in [0.29, 0.717) is 35.5 Å². The van der Waals surface area contributed by atoms with Crippen molar-refractivity contribution >= 4 is 38.7 Å². The minimum atomic E-state index is -3.13. The molecule has 9 heteroatoms. The Morgan fingerprint density at radius 2 is 2.09 bits per heavy atom. The molecule has 2 aliphatic rings. The van der Waals surface area contributed by atoms with Gasteiger partial charge in [0.15, 0.2) is 9.84 Å². The summed E-state index contributed by atoms with van der Waals surface area (Å²) in [5.74, 6) is 0.0166. The molecular formula is C14H19ClN2O4S2. The molecule has 1 amide bonds. The summed E-state index contributed by atoms with van der Waals surface area (Å²) in [6.07, 6.45) is 0. The highest BCUT2D eigenvalue weighted by atomic mass is 35.5. The topological polar surface area (TPSA) is 66.9 Å². The van der Waals surface area contributed by atoms with Crippen LogP contribution in [0.5, 0.6) is 0 Å². The van der Waals surface area contributed by atoms with Crippen LogP contribution in [0.15, 0.2) is 12.1 Å². The molecule has 0 N–H and O–H groups in total. The molecule has 0 bridgehead atoms. The van der Waals surface area contributed by atoms with E-state index < -0.39 is 9.84 Å². The maximum atomic E-state index is 12.7. The van der Waals surface area contributed by atoms with Crippen LogP contribution in [0.1, 0.15) is 9.67 Å². The van der Waals surface area contributed by atoms with Crippen molar-refractivity contribution in [1.29, 1.82) is 0 Å². The zero-order valence-corrected chi connectivity index (χ0v) is 15.2. The van der Waals surface area contributed by atoms with Crippen LogP contribution < -0.4 is 0 Å². The number of rotatable bonds is 4. The Hall–Kier alpha value is -0.670. The van der Waals surface area contributed by atoms with Crippen LogP contribution in [-0.2, 0) is 14.6 Å². The van der Waals surface area contributed by atoms with Crippen LogP contribution in [-0.4, -0.2) is 81.1 Å². The van der Waals surface area contributed by atoms with Crippen LogP contribution >= 0.6 is 22.9 Å². The lowest BCUT2D eigenvalue weighted by molar-refractivity contribution is 0.0250. The smallest absolute Gasteiger partial charge is 0.264 e. The quantitative estimate of drug-likeness (QED) is 0.781. The molecule has 23 heavy (non-hydrogen) atoms. The third kappa shape index (κ3) is 3.56. The number of sulfone groups is 1. The summed E-state index contributed by atoms with van der Waals surface area (Å²) in [5.41, 5.74) is 0. The lowest BCUT2D eigenvalue weighted by atomic mass is 10.0. The molecule has 0 spiro atoms. The Morgan fingerprint density at radius 3 is 2.74 bits per heavy atom. The molecular weight excluding hydrogens is 360 g/mol. The molecule has 0 radical (unpaired) electrons. The number of methoxy groups -OCH3 is 1. The van der Waals surface area contributed by atoms with E-state index in [0.717, 1.165) is 0 Å². The summed E-state index contributed by atoms with van der Waals surface area (Å²) in [5, 5.41) is 0. The zero-order chi connectivity index (χ0) is 16.6. The van der Waals surface area contributed by atoms with Crippen molar-refractivity contribution in [3.05, 3.63) is 21.3 Å². The predicted octanol–water partition coefficient (Wildman–Crippen LogP) is 0.971. The van der Waals surface area contributed by atoms with E-state index in [4.69, 9.17) is 16.3 Å². The number of amides is 1. The number of fused-ring (bicyclic) bond motifs is 1. The highest BCUT2D eigenvalue weighted by molar-refractivity contribution is 7.91. The van der Waals surface area contributed by atoms with Gasteiger partial charge in [0.2, 0.25) is 0 Å². The van der Waals surface area contributed by atoms with E-state index in [1.807, 2.05) is 0 Å². The third-order valence-electron chi connectivity index (χ3n) is 4.42. The van der Waals surface area contributed by atoms with Gasteiger partial charge in [-0.2, -0.15) is 0 Å². The Kier molecular flexibility index (Phi) is 4.98. The minimum Gasteiger partial charge on any atom is -0.383 e. The van der Waals surface area contributed by atoms with Gasteiger partial charge in [-0.15, -0.1) is 11.3 Å². The van der Waals surface area contributed by atoms with E-state index in [1.165, 1.54) is 11.3 Å². The second-order valence-corrected chi connectivity index (χ2v) is 9.71. The van der Waals surface area contributed by atoms with Crippen molar-refractivity contribution < 1.29 is 17.9 Å². The van der Waals surface area contributed by atoms with E-state index in [2.05, 4.69) is 4.90 Å². The van der Waals surface area contributed by atoms with Crippen molar-refractivity contribution in [2.45, 2.75) is 12.1 Å². The number of piperazine rings is 1. The highest BCUT2D eigenvalue weighted by Crippen LogP contribution is 2.30. The predicted molar refractivity (Wildman–Crippen MR) is 90.0 cm³/mol. The fourth-order valence-corrected chi connectivity index (χ4v) is 6.34. The van der Waals surface area contributed by atoms with Gasteiger partial charge in [0.25, 0.3) is 5.91 Å². The Bertz CT molecular complexity index is 691. The van der Waals surface area contributed by atoms with Crippen molar-refractivity contribution in [1.82, 2.24) is 9.80 Å². The summed E-state index contributed by atoms with van der Waals surface area (Å²) in [6.45, 7) is 2.41. The molecule has 2 atom stereocenters. The van der Waals surface area contributed by atoms with Gasteiger partial charge >= 0.3 is 0 Å². The number of halogens is 1. The van der Waals surface area contributed by atoms with Gasteiger partial charge < -0.3 is 9.64 Å². The molecule has 3 heterocycles. The molecule has 1 aromatic rings. The van der Waals surface area contributed by atoms with Gasteiger partial charge in [0.05, 0.1) is 33.4 Å². The van der Waals surface area contributed by atoms with Crippen molar-refractivity contribution in [2.24, 2.45) is 0 Å². The summed E-state index contributed by atoms with van der Waals surface area (Å²) in [4.78, 5) is 17.1. The number of carbonyl (C=O) groups excluding carboxylic acids is 1. The number of ether oxygens (including phenoxy) is 1. The average molecular weight is 379 g/mol. The standard InChI is InChI=1S/C14H19ClN2O4S2/c1-21-7-6-16-4-5-17(11-9-23(19,20)8-10(11)16)14(18)12-2-3-13(15)22-12/h2-3,10-11H,4-9H2,1H3/t10-,11+/m0/s1. The fourth-order valence-electron chi connectivity index (χ4n) is 3.33. The first-order valence-electron chi connectivity index (χ1n) is 7.41. The van der Waals surface area contributed by atoms with Crippen LogP contribution in [0.3, 0.4) is 0 Å². The fraction of sp³-hybridized carbons (Fsp3) is 0.643. The number of nitrogens with zero attached hydrogens (tertiary/aromatic N) is 2. The molecule has 2 saturated heterocycles. The molecule has 0 aromatic carbocycles. The SMILES string of the molecule is COCCN1CCN(C(=O)c2ccc(Cl)s2)[C@@H]2CS(=O)(=O)C[C@@H]21. The number of hydrogen-bond donors (Lipinski definition) is 0. The Balaban J connectivity index is 1.82. The van der Waals surface area contributed by atoms with Crippen LogP contribution in [0.2, 0.25) is 4.34 Å². The molecule has 0 unspecified atom stereocenters. The van der Waals surface area contributed by atoms with Gasteiger partial charge in [-0.1, -0.05) is 11.6 Å². The first-order chi connectivity index (χ1) is 10.9. The van der Waals surface area contributed by atoms with Gasteiger partial charge in [-0.25, -0.2) is 8.42 Å². The minimum absolute atomic E-state index is 0.0337. The van der Waals surface area contributed by atoms with Crippen molar-refractivity contribution in [3.63, 3.8) is 0 Å². The molecule has 2 fully saturated rings. The normalized spacial score (nSPS) is 27.1.